The van der Waals surface area contributed by atoms with Crippen molar-refractivity contribution in [3.8, 4) is 5.75 Å². The summed E-state index contributed by atoms with van der Waals surface area (Å²) in [6, 6.07) is 13.8. The van der Waals surface area contributed by atoms with Crippen molar-refractivity contribution < 1.29 is 9.53 Å². The number of hydrogen-bond donors (Lipinski definition) is 0. The molecular weight excluding hydrogens is 338 g/mol. The van der Waals surface area contributed by atoms with Crippen molar-refractivity contribution in [3.05, 3.63) is 59.9 Å². The van der Waals surface area contributed by atoms with E-state index in [1.54, 1.807) is 19.4 Å². The van der Waals surface area contributed by atoms with E-state index in [9.17, 15) is 4.79 Å². The summed E-state index contributed by atoms with van der Waals surface area (Å²) < 4.78 is 5.22. The molecule has 0 N–H and O–H groups in total. The lowest BCUT2D eigenvalue weighted by atomic mass is 9.97. The van der Waals surface area contributed by atoms with E-state index in [1.807, 2.05) is 36.2 Å². The molecule has 27 heavy (non-hydrogen) atoms. The van der Waals surface area contributed by atoms with E-state index in [-0.39, 0.29) is 5.91 Å². The van der Waals surface area contributed by atoms with Gasteiger partial charge in [0.15, 0.2) is 0 Å². The quantitative estimate of drug-likeness (QED) is 0.754. The Balaban J connectivity index is 1.47. The van der Waals surface area contributed by atoms with Gasteiger partial charge in [0.1, 0.15) is 11.4 Å². The molecule has 144 valence electrons. The molecule has 0 saturated carbocycles. The Hall–Kier alpha value is -2.40. The van der Waals surface area contributed by atoms with Gasteiger partial charge in [-0.3, -0.25) is 9.78 Å². The summed E-state index contributed by atoms with van der Waals surface area (Å²) in [6.07, 6.45) is 5.08. The molecule has 0 radical (unpaired) electrons. The maximum Gasteiger partial charge on any atom is 0.272 e. The van der Waals surface area contributed by atoms with Crippen LogP contribution in [0.4, 0.5) is 0 Å². The lowest BCUT2D eigenvalue weighted by Crippen LogP contribution is -2.42. The summed E-state index contributed by atoms with van der Waals surface area (Å²) in [5.74, 6) is 1.43. The number of carbonyl (C=O) groups excluding carboxylic acids is 1. The van der Waals surface area contributed by atoms with Crippen LogP contribution in [0.2, 0.25) is 0 Å². The SMILES string of the molecule is COc1ccc(CCN2CCCC(CN(C)C(=O)c3ccccn3)C2)cc1. The van der Waals surface area contributed by atoms with E-state index in [1.165, 1.54) is 18.4 Å². The molecule has 1 amide bonds. The second-order valence-corrected chi connectivity index (χ2v) is 7.31. The maximum atomic E-state index is 12.5. The van der Waals surface area contributed by atoms with Gasteiger partial charge >= 0.3 is 0 Å². The standard InChI is InChI=1S/C22H29N3O2/c1-24(22(26)21-7-3-4-13-23-21)16-19-6-5-14-25(17-19)15-12-18-8-10-20(27-2)11-9-18/h3-4,7-11,13,19H,5-6,12,14-17H2,1-2H3. The van der Waals surface area contributed by atoms with Crippen LogP contribution in [-0.4, -0.2) is 61.0 Å². The third kappa shape index (κ3) is 5.54. The Morgan fingerprint density at radius 1 is 1.26 bits per heavy atom. The second kappa shape index (κ2) is 9.51. The van der Waals surface area contributed by atoms with Gasteiger partial charge in [0.2, 0.25) is 0 Å². The predicted molar refractivity (Wildman–Crippen MR) is 107 cm³/mol. The number of ether oxygens (including phenoxy) is 1. The van der Waals surface area contributed by atoms with Crippen molar-refractivity contribution in [2.24, 2.45) is 5.92 Å². The first-order valence-corrected chi connectivity index (χ1v) is 9.67. The topological polar surface area (TPSA) is 45.7 Å². The number of methoxy groups -OCH3 is 1. The number of carbonyl (C=O) groups is 1. The van der Waals surface area contributed by atoms with Gasteiger partial charge in [0.05, 0.1) is 7.11 Å². The number of aromatic nitrogens is 1. The molecule has 5 heteroatoms. The zero-order chi connectivity index (χ0) is 19.1. The van der Waals surface area contributed by atoms with Crippen molar-refractivity contribution in [2.45, 2.75) is 19.3 Å². The fraction of sp³-hybridized carbons (Fsp3) is 0.455. The smallest absolute Gasteiger partial charge is 0.272 e. The van der Waals surface area contributed by atoms with E-state index in [4.69, 9.17) is 4.74 Å². The highest BCUT2D eigenvalue weighted by atomic mass is 16.5. The first-order chi connectivity index (χ1) is 13.2. The number of nitrogens with zero attached hydrogens (tertiary/aromatic N) is 3. The number of pyridine rings is 1. The molecule has 2 heterocycles. The van der Waals surface area contributed by atoms with Gasteiger partial charge in [0, 0.05) is 32.9 Å². The summed E-state index contributed by atoms with van der Waals surface area (Å²) in [5.41, 5.74) is 1.85. The first-order valence-electron chi connectivity index (χ1n) is 9.67. The first kappa shape index (κ1) is 19.4. The Bertz CT molecular complexity index is 718. The Morgan fingerprint density at radius 3 is 2.78 bits per heavy atom. The van der Waals surface area contributed by atoms with Crippen molar-refractivity contribution in [3.63, 3.8) is 0 Å². The van der Waals surface area contributed by atoms with Crippen molar-refractivity contribution in [1.82, 2.24) is 14.8 Å². The molecule has 1 aromatic carbocycles. The van der Waals surface area contributed by atoms with Gasteiger partial charge in [-0.25, -0.2) is 0 Å². The average molecular weight is 367 g/mol. The van der Waals surface area contributed by atoms with Crippen LogP contribution in [0.15, 0.2) is 48.7 Å². The van der Waals surface area contributed by atoms with Gasteiger partial charge < -0.3 is 14.5 Å². The molecule has 5 nitrogen and oxygen atoms in total. The van der Waals surface area contributed by atoms with Crippen LogP contribution < -0.4 is 4.74 Å². The molecule has 1 aromatic heterocycles. The molecule has 1 fully saturated rings. The third-order valence-electron chi connectivity index (χ3n) is 5.24. The molecule has 0 spiro atoms. The normalized spacial score (nSPS) is 17.5. The fourth-order valence-electron chi connectivity index (χ4n) is 3.74. The largest absolute Gasteiger partial charge is 0.497 e. The zero-order valence-corrected chi connectivity index (χ0v) is 16.3. The summed E-state index contributed by atoms with van der Waals surface area (Å²) in [5, 5.41) is 0. The Kier molecular flexibility index (Phi) is 6.82. The van der Waals surface area contributed by atoms with E-state index in [0.717, 1.165) is 38.3 Å². The number of hydrogen-bond acceptors (Lipinski definition) is 4. The van der Waals surface area contributed by atoms with E-state index in [0.29, 0.717) is 11.6 Å². The van der Waals surface area contributed by atoms with Gasteiger partial charge in [-0.1, -0.05) is 18.2 Å². The van der Waals surface area contributed by atoms with Crippen molar-refractivity contribution >= 4 is 5.91 Å². The molecule has 1 saturated heterocycles. The highest BCUT2D eigenvalue weighted by Crippen LogP contribution is 2.19. The van der Waals surface area contributed by atoms with Crippen LogP contribution in [0, 0.1) is 5.92 Å². The molecule has 2 aromatic rings. The van der Waals surface area contributed by atoms with Gasteiger partial charge in [-0.2, -0.15) is 0 Å². The fourth-order valence-corrected chi connectivity index (χ4v) is 3.74. The van der Waals surface area contributed by atoms with Crippen LogP contribution in [0.3, 0.4) is 0 Å². The van der Waals surface area contributed by atoms with E-state index in [2.05, 4.69) is 22.0 Å². The van der Waals surface area contributed by atoms with Crippen LogP contribution in [0.5, 0.6) is 5.75 Å². The van der Waals surface area contributed by atoms with E-state index >= 15 is 0 Å². The number of likely N-dealkylation sites (tertiary alicyclic amines) is 1. The zero-order valence-electron chi connectivity index (χ0n) is 16.3. The lowest BCUT2D eigenvalue weighted by Gasteiger charge is -2.34. The van der Waals surface area contributed by atoms with Gasteiger partial charge in [-0.05, 0) is 61.6 Å². The van der Waals surface area contributed by atoms with Crippen LogP contribution in [0.25, 0.3) is 0 Å². The minimum absolute atomic E-state index is 0.00552. The average Bonchev–Trinajstić information content (AvgIpc) is 2.73. The van der Waals surface area contributed by atoms with Crippen LogP contribution >= 0.6 is 0 Å². The molecule has 1 unspecified atom stereocenters. The van der Waals surface area contributed by atoms with Crippen LogP contribution in [-0.2, 0) is 6.42 Å². The molecule has 1 aliphatic rings. The van der Waals surface area contributed by atoms with Crippen molar-refractivity contribution in [2.75, 3.05) is 40.3 Å². The summed E-state index contributed by atoms with van der Waals surface area (Å²) >= 11 is 0. The molecule has 1 atom stereocenters. The van der Waals surface area contributed by atoms with Crippen LogP contribution in [0.1, 0.15) is 28.9 Å². The minimum Gasteiger partial charge on any atom is -0.497 e. The Morgan fingerprint density at radius 2 is 2.07 bits per heavy atom. The predicted octanol–water partition coefficient (Wildman–Crippen LogP) is 3.12. The number of rotatable bonds is 7. The molecular formula is C22H29N3O2. The molecule has 0 bridgehead atoms. The number of benzene rings is 1. The molecule has 3 rings (SSSR count). The van der Waals surface area contributed by atoms with E-state index < -0.39 is 0 Å². The minimum atomic E-state index is 0.00552. The molecule has 0 aliphatic carbocycles. The third-order valence-corrected chi connectivity index (χ3v) is 5.24. The summed E-state index contributed by atoms with van der Waals surface area (Å²) in [6.45, 7) is 4.04. The lowest BCUT2D eigenvalue weighted by molar-refractivity contribution is 0.0725. The highest BCUT2D eigenvalue weighted by Gasteiger charge is 2.23. The number of amides is 1. The van der Waals surface area contributed by atoms with Gasteiger partial charge in [-0.15, -0.1) is 0 Å². The maximum absolute atomic E-state index is 12.5. The molecule has 1 aliphatic heterocycles. The monoisotopic (exact) mass is 367 g/mol. The summed E-state index contributed by atoms with van der Waals surface area (Å²) in [7, 11) is 3.58. The number of piperidine rings is 1. The second-order valence-electron chi connectivity index (χ2n) is 7.31. The summed E-state index contributed by atoms with van der Waals surface area (Å²) in [4.78, 5) is 21.0. The van der Waals surface area contributed by atoms with Gasteiger partial charge in [0.25, 0.3) is 5.91 Å². The van der Waals surface area contributed by atoms with Crippen molar-refractivity contribution in [1.29, 1.82) is 0 Å². The Labute approximate surface area is 162 Å². The highest BCUT2D eigenvalue weighted by molar-refractivity contribution is 5.92.